The number of halogens is 1. The molecule has 0 aliphatic heterocycles. The average molecular weight is 357 g/mol. The number of esters is 1. The normalized spacial score (nSPS) is 10.6. The topological polar surface area (TPSA) is 57.0 Å². The minimum Gasteiger partial charge on any atom is -0.468 e. The maximum Gasteiger partial charge on any atom is 0.316 e. The molecule has 0 spiro atoms. The van der Waals surface area contributed by atoms with E-state index in [1.54, 1.807) is 22.8 Å². The Balaban J connectivity index is 1.99. The van der Waals surface area contributed by atoms with Gasteiger partial charge in [-0.3, -0.25) is 9.36 Å². The van der Waals surface area contributed by atoms with Crippen LogP contribution in [0.25, 0.3) is 11.4 Å². The first kappa shape index (κ1) is 17.2. The Morgan fingerprint density at radius 1 is 1.12 bits per heavy atom. The molecule has 0 saturated heterocycles. The van der Waals surface area contributed by atoms with Gasteiger partial charge in [-0.05, 0) is 17.7 Å². The van der Waals surface area contributed by atoms with Crippen LogP contribution in [0, 0.1) is 5.82 Å². The fourth-order valence-electron chi connectivity index (χ4n) is 2.33. The molecule has 0 aliphatic carbocycles. The van der Waals surface area contributed by atoms with Crippen molar-refractivity contribution >= 4 is 17.7 Å². The third-order valence-electron chi connectivity index (χ3n) is 3.56. The summed E-state index contributed by atoms with van der Waals surface area (Å²) in [7, 11) is 1.34. The fraction of sp³-hybridized carbons (Fsp3) is 0.167. The highest BCUT2D eigenvalue weighted by atomic mass is 32.2. The number of thioether (sulfide) groups is 1. The first-order valence-electron chi connectivity index (χ1n) is 7.60. The Bertz CT molecular complexity index is 868. The highest BCUT2D eigenvalue weighted by Gasteiger charge is 2.18. The SMILES string of the molecule is COC(=O)CSc1nnc(-c2ccccc2F)n1Cc1ccccc1. The summed E-state index contributed by atoms with van der Waals surface area (Å²) in [6.45, 7) is 0.473. The molecule has 5 nitrogen and oxygen atoms in total. The van der Waals surface area contributed by atoms with E-state index in [4.69, 9.17) is 0 Å². The third kappa shape index (κ3) is 4.06. The molecule has 7 heteroatoms. The standard InChI is InChI=1S/C18H16FN3O2S/c1-24-16(23)12-25-18-21-20-17(14-9-5-6-10-15(14)19)22(18)11-13-7-3-2-4-8-13/h2-10H,11-12H2,1H3. The van der Waals surface area contributed by atoms with E-state index in [0.29, 0.717) is 23.1 Å². The van der Waals surface area contributed by atoms with E-state index in [-0.39, 0.29) is 17.5 Å². The van der Waals surface area contributed by atoms with Gasteiger partial charge in [-0.25, -0.2) is 4.39 Å². The lowest BCUT2D eigenvalue weighted by Gasteiger charge is -2.10. The molecule has 0 fully saturated rings. The Morgan fingerprint density at radius 3 is 2.56 bits per heavy atom. The Kier molecular flexibility index (Phi) is 5.45. The number of hydrogen-bond acceptors (Lipinski definition) is 5. The van der Waals surface area contributed by atoms with Gasteiger partial charge in [0, 0.05) is 0 Å². The van der Waals surface area contributed by atoms with Crippen molar-refractivity contribution in [2.75, 3.05) is 12.9 Å². The molecule has 128 valence electrons. The lowest BCUT2D eigenvalue weighted by Crippen LogP contribution is -2.08. The zero-order chi connectivity index (χ0) is 17.6. The summed E-state index contributed by atoms with van der Waals surface area (Å²) in [6.07, 6.45) is 0. The van der Waals surface area contributed by atoms with Crippen molar-refractivity contribution in [3.05, 3.63) is 66.0 Å². The molecule has 1 heterocycles. The predicted molar refractivity (Wildman–Crippen MR) is 93.7 cm³/mol. The van der Waals surface area contributed by atoms with Crippen LogP contribution in [0.3, 0.4) is 0 Å². The molecule has 0 N–H and O–H groups in total. The van der Waals surface area contributed by atoms with Crippen molar-refractivity contribution in [2.45, 2.75) is 11.7 Å². The monoisotopic (exact) mass is 357 g/mol. The first-order valence-corrected chi connectivity index (χ1v) is 8.59. The minimum absolute atomic E-state index is 0.112. The van der Waals surface area contributed by atoms with E-state index >= 15 is 0 Å². The van der Waals surface area contributed by atoms with Crippen molar-refractivity contribution in [1.29, 1.82) is 0 Å². The van der Waals surface area contributed by atoms with Crippen LogP contribution in [-0.4, -0.2) is 33.6 Å². The lowest BCUT2D eigenvalue weighted by atomic mass is 10.2. The molecule has 1 aromatic heterocycles. The molecule has 0 radical (unpaired) electrons. The number of carbonyl (C=O) groups is 1. The molecule has 2 aromatic carbocycles. The minimum atomic E-state index is -0.367. The molecule has 3 rings (SSSR count). The van der Waals surface area contributed by atoms with Crippen molar-refractivity contribution in [3.8, 4) is 11.4 Å². The van der Waals surface area contributed by atoms with Crippen LogP contribution in [0.1, 0.15) is 5.56 Å². The van der Waals surface area contributed by atoms with Gasteiger partial charge in [0.1, 0.15) is 5.82 Å². The van der Waals surface area contributed by atoms with Crippen molar-refractivity contribution in [1.82, 2.24) is 14.8 Å². The Hall–Kier alpha value is -2.67. The number of methoxy groups -OCH3 is 1. The molecule has 3 aromatic rings. The zero-order valence-corrected chi connectivity index (χ0v) is 14.4. The Morgan fingerprint density at radius 2 is 1.84 bits per heavy atom. The summed E-state index contributed by atoms with van der Waals surface area (Å²) in [5.41, 5.74) is 1.40. The molecule has 0 atom stereocenters. The van der Waals surface area contributed by atoms with Gasteiger partial charge in [0.15, 0.2) is 11.0 Å². The third-order valence-corrected chi connectivity index (χ3v) is 4.50. The first-order chi connectivity index (χ1) is 12.2. The van der Waals surface area contributed by atoms with Crippen LogP contribution in [0.2, 0.25) is 0 Å². The summed E-state index contributed by atoms with van der Waals surface area (Å²) in [5, 5.41) is 8.82. The summed E-state index contributed by atoms with van der Waals surface area (Å²) in [5.74, 6) is -0.185. The van der Waals surface area contributed by atoms with Gasteiger partial charge in [-0.2, -0.15) is 0 Å². The number of carbonyl (C=O) groups excluding carboxylic acids is 1. The van der Waals surface area contributed by atoms with Gasteiger partial charge in [0.05, 0.1) is 25.0 Å². The van der Waals surface area contributed by atoms with Crippen molar-refractivity contribution < 1.29 is 13.9 Å². The number of aromatic nitrogens is 3. The smallest absolute Gasteiger partial charge is 0.316 e. The van der Waals surface area contributed by atoms with Gasteiger partial charge >= 0.3 is 5.97 Å². The van der Waals surface area contributed by atoms with Crippen LogP contribution in [0.4, 0.5) is 4.39 Å². The van der Waals surface area contributed by atoms with Crippen LogP contribution >= 0.6 is 11.8 Å². The molecule has 0 bridgehead atoms. The van der Waals surface area contributed by atoms with Gasteiger partial charge in [-0.15, -0.1) is 10.2 Å². The van der Waals surface area contributed by atoms with Crippen LogP contribution in [-0.2, 0) is 16.1 Å². The molecule has 0 aliphatic rings. The maximum absolute atomic E-state index is 14.2. The van der Waals surface area contributed by atoms with Gasteiger partial charge in [-0.1, -0.05) is 54.2 Å². The number of nitrogens with zero attached hydrogens (tertiary/aromatic N) is 3. The second-order valence-corrected chi connectivity index (χ2v) is 6.17. The molecule has 0 saturated carbocycles. The molecule has 0 unspecified atom stereocenters. The molecule has 0 amide bonds. The maximum atomic E-state index is 14.2. The van der Waals surface area contributed by atoms with Crippen LogP contribution in [0.5, 0.6) is 0 Å². The highest BCUT2D eigenvalue weighted by Crippen LogP contribution is 2.27. The molecule has 25 heavy (non-hydrogen) atoms. The van der Waals surface area contributed by atoms with Crippen molar-refractivity contribution in [2.24, 2.45) is 0 Å². The van der Waals surface area contributed by atoms with E-state index in [1.165, 1.54) is 24.9 Å². The number of hydrogen-bond donors (Lipinski definition) is 0. The summed E-state index contributed by atoms with van der Waals surface area (Å²) in [4.78, 5) is 11.4. The second-order valence-electron chi connectivity index (χ2n) is 5.22. The molecular formula is C18H16FN3O2S. The van der Waals surface area contributed by atoms with Crippen LogP contribution in [0.15, 0.2) is 59.8 Å². The summed E-state index contributed by atoms with van der Waals surface area (Å²) >= 11 is 1.21. The van der Waals surface area contributed by atoms with Gasteiger partial charge < -0.3 is 4.74 Å². The van der Waals surface area contributed by atoms with E-state index in [0.717, 1.165) is 5.56 Å². The summed E-state index contributed by atoms with van der Waals surface area (Å²) in [6, 6.07) is 16.2. The predicted octanol–water partition coefficient (Wildman–Crippen LogP) is 3.40. The van der Waals surface area contributed by atoms with E-state index in [2.05, 4.69) is 14.9 Å². The second kappa shape index (κ2) is 7.94. The largest absolute Gasteiger partial charge is 0.468 e. The molecular weight excluding hydrogens is 341 g/mol. The number of benzene rings is 2. The lowest BCUT2D eigenvalue weighted by molar-refractivity contribution is -0.137. The van der Waals surface area contributed by atoms with Gasteiger partial charge in [0.2, 0.25) is 0 Å². The number of rotatable bonds is 6. The average Bonchev–Trinajstić information content (AvgIpc) is 3.03. The van der Waals surface area contributed by atoms with Gasteiger partial charge in [0.25, 0.3) is 0 Å². The quantitative estimate of drug-likeness (QED) is 0.500. The zero-order valence-electron chi connectivity index (χ0n) is 13.6. The van der Waals surface area contributed by atoms with E-state index < -0.39 is 0 Å². The van der Waals surface area contributed by atoms with E-state index in [9.17, 15) is 9.18 Å². The van der Waals surface area contributed by atoms with Crippen LogP contribution < -0.4 is 0 Å². The Labute approximate surface area is 148 Å². The van der Waals surface area contributed by atoms with Crippen molar-refractivity contribution in [3.63, 3.8) is 0 Å². The summed E-state index contributed by atoms with van der Waals surface area (Å²) < 4.78 is 20.7. The van der Waals surface area contributed by atoms with E-state index in [1.807, 2.05) is 30.3 Å². The fourth-order valence-corrected chi connectivity index (χ4v) is 3.10. The number of ether oxygens (including phenoxy) is 1. The highest BCUT2D eigenvalue weighted by molar-refractivity contribution is 7.99.